The Bertz CT molecular complexity index is 725. The maximum atomic E-state index is 5.85. The Kier molecular flexibility index (Phi) is 3.65. The van der Waals surface area contributed by atoms with Gasteiger partial charge in [-0.05, 0) is 17.7 Å². The molecule has 0 fully saturated rings. The Hall–Kier alpha value is -2.67. The van der Waals surface area contributed by atoms with Gasteiger partial charge >= 0.3 is 0 Å². The summed E-state index contributed by atoms with van der Waals surface area (Å²) in [5.74, 6) is 0.965. The van der Waals surface area contributed by atoms with Crippen LogP contribution >= 0.6 is 11.6 Å². The SMILES string of the molecule is Nc1nc(NCc2ccc(Cl)cc2)nc(-n2ccnc2)n1. The number of nitrogens with one attached hydrogen (secondary N) is 1. The molecular formula is C13H12ClN7. The van der Waals surface area contributed by atoms with Crippen molar-refractivity contribution in [1.82, 2.24) is 24.5 Å². The van der Waals surface area contributed by atoms with Gasteiger partial charge in [-0.1, -0.05) is 23.7 Å². The summed E-state index contributed by atoms with van der Waals surface area (Å²) in [7, 11) is 0. The van der Waals surface area contributed by atoms with Gasteiger partial charge in [-0.3, -0.25) is 4.57 Å². The molecule has 21 heavy (non-hydrogen) atoms. The predicted octanol–water partition coefficient (Wildman–Crippen LogP) is 1.90. The van der Waals surface area contributed by atoms with Crippen molar-refractivity contribution in [3.05, 3.63) is 53.6 Å². The van der Waals surface area contributed by atoms with Gasteiger partial charge in [0.05, 0.1) is 0 Å². The molecule has 3 N–H and O–H groups in total. The first kappa shape index (κ1) is 13.3. The number of halogens is 1. The van der Waals surface area contributed by atoms with Crippen molar-refractivity contribution < 1.29 is 0 Å². The molecule has 0 aliphatic rings. The van der Waals surface area contributed by atoms with Gasteiger partial charge in [0.2, 0.25) is 17.8 Å². The zero-order chi connectivity index (χ0) is 14.7. The van der Waals surface area contributed by atoms with Crippen LogP contribution in [0.5, 0.6) is 0 Å². The first-order valence-electron chi connectivity index (χ1n) is 6.19. The maximum absolute atomic E-state index is 5.85. The Morgan fingerprint density at radius 2 is 1.95 bits per heavy atom. The highest BCUT2D eigenvalue weighted by molar-refractivity contribution is 6.30. The molecule has 0 amide bonds. The highest BCUT2D eigenvalue weighted by Crippen LogP contribution is 2.12. The topological polar surface area (TPSA) is 94.5 Å². The van der Waals surface area contributed by atoms with Gasteiger partial charge in [-0.25, -0.2) is 4.98 Å². The summed E-state index contributed by atoms with van der Waals surface area (Å²) >= 11 is 5.85. The Balaban J connectivity index is 1.78. The van der Waals surface area contributed by atoms with E-state index in [0.717, 1.165) is 5.56 Å². The fourth-order valence-electron chi connectivity index (χ4n) is 1.74. The molecule has 0 spiro atoms. The van der Waals surface area contributed by atoms with Crippen LogP contribution in [0.15, 0.2) is 43.0 Å². The van der Waals surface area contributed by atoms with Crippen LogP contribution in [0.25, 0.3) is 5.95 Å². The van der Waals surface area contributed by atoms with Crippen molar-refractivity contribution in [2.45, 2.75) is 6.54 Å². The zero-order valence-electron chi connectivity index (χ0n) is 10.9. The number of hydrogen-bond acceptors (Lipinski definition) is 6. The van der Waals surface area contributed by atoms with Gasteiger partial charge in [0.25, 0.3) is 0 Å². The first-order chi connectivity index (χ1) is 10.2. The third-order valence-electron chi connectivity index (χ3n) is 2.74. The Labute approximate surface area is 125 Å². The summed E-state index contributed by atoms with van der Waals surface area (Å²) in [6.07, 6.45) is 4.97. The van der Waals surface area contributed by atoms with Crippen molar-refractivity contribution in [3.63, 3.8) is 0 Å². The number of nitrogen functional groups attached to an aromatic ring is 1. The van der Waals surface area contributed by atoms with Crippen molar-refractivity contribution >= 4 is 23.5 Å². The van der Waals surface area contributed by atoms with E-state index in [1.165, 1.54) is 0 Å². The van der Waals surface area contributed by atoms with Crippen LogP contribution < -0.4 is 11.1 Å². The second kappa shape index (κ2) is 5.76. The minimum atomic E-state index is 0.146. The lowest BCUT2D eigenvalue weighted by Gasteiger charge is -2.07. The molecular weight excluding hydrogens is 290 g/mol. The summed E-state index contributed by atoms with van der Waals surface area (Å²) in [6.45, 7) is 0.560. The quantitative estimate of drug-likeness (QED) is 0.764. The average molecular weight is 302 g/mol. The molecule has 0 bridgehead atoms. The van der Waals surface area contributed by atoms with Crippen LogP contribution in [0, 0.1) is 0 Å². The van der Waals surface area contributed by atoms with Crippen LogP contribution in [0.3, 0.4) is 0 Å². The first-order valence-corrected chi connectivity index (χ1v) is 6.57. The van der Waals surface area contributed by atoms with E-state index in [4.69, 9.17) is 17.3 Å². The second-order valence-electron chi connectivity index (χ2n) is 4.27. The fourth-order valence-corrected chi connectivity index (χ4v) is 1.86. The van der Waals surface area contributed by atoms with Gasteiger partial charge in [-0.15, -0.1) is 0 Å². The van der Waals surface area contributed by atoms with E-state index >= 15 is 0 Å². The molecule has 0 saturated carbocycles. The summed E-state index contributed by atoms with van der Waals surface area (Å²) < 4.78 is 1.66. The number of nitrogens with zero attached hydrogens (tertiary/aromatic N) is 5. The lowest BCUT2D eigenvalue weighted by atomic mass is 10.2. The molecule has 3 rings (SSSR count). The second-order valence-corrected chi connectivity index (χ2v) is 4.70. The van der Waals surface area contributed by atoms with Gasteiger partial charge in [-0.2, -0.15) is 15.0 Å². The largest absolute Gasteiger partial charge is 0.368 e. The smallest absolute Gasteiger partial charge is 0.241 e. The molecule has 106 valence electrons. The number of nitrogens with two attached hydrogens (primary N) is 1. The molecule has 2 heterocycles. The maximum Gasteiger partial charge on any atom is 0.241 e. The Morgan fingerprint density at radius 1 is 1.14 bits per heavy atom. The molecule has 0 saturated heterocycles. The number of imidazole rings is 1. The van der Waals surface area contributed by atoms with E-state index in [9.17, 15) is 0 Å². The van der Waals surface area contributed by atoms with Crippen LogP contribution in [-0.4, -0.2) is 24.5 Å². The fraction of sp³-hybridized carbons (Fsp3) is 0.0769. The van der Waals surface area contributed by atoms with Gasteiger partial charge in [0.1, 0.15) is 6.33 Å². The number of hydrogen-bond donors (Lipinski definition) is 2. The van der Waals surface area contributed by atoms with Gasteiger partial charge < -0.3 is 11.1 Å². The molecule has 0 radical (unpaired) electrons. The van der Waals surface area contributed by atoms with E-state index in [1.807, 2.05) is 24.3 Å². The summed E-state index contributed by atoms with van der Waals surface area (Å²) in [6, 6.07) is 7.52. The highest BCUT2D eigenvalue weighted by atomic mass is 35.5. The molecule has 7 nitrogen and oxygen atoms in total. The molecule has 8 heteroatoms. The zero-order valence-corrected chi connectivity index (χ0v) is 11.7. The molecule has 3 aromatic rings. The lowest BCUT2D eigenvalue weighted by molar-refractivity contribution is 0.895. The molecule has 0 aliphatic heterocycles. The van der Waals surface area contributed by atoms with Crippen LogP contribution in [-0.2, 0) is 6.54 Å². The van der Waals surface area contributed by atoms with E-state index in [1.54, 1.807) is 23.3 Å². The van der Waals surface area contributed by atoms with Crippen molar-refractivity contribution in [1.29, 1.82) is 0 Å². The van der Waals surface area contributed by atoms with E-state index < -0.39 is 0 Å². The van der Waals surface area contributed by atoms with Crippen molar-refractivity contribution in [3.8, 4) is 5.95 Å². The standard InChI is InChI=1S/C13H12ClN7/c14-10-3-1-9(2-4-10)7-17-12-18-11(15)19-13(20-12)21-6-5-16-8-21/h1-6,8H,7H2,(H3,15,17,18,19,20). The summed E-state index contributed by atoms with van der Waals surface area (Å²) in [4.78, 5) is 16.4. The highest BCUT2D eigenvalue weighted by Gasteiger charge is 2.06. The molecule has 0 atom stereocenters. The lowest BCUT2D eigenvalue weighted by Crippen LogP contribution is -2.10. The minimum absolute atomic E-state index is 0.146. The molecule has 0 aliphatic carbocycles. The number of aromatic nitrogens is 5. The van der Waals surface area contributed by atoms with Crippen molar-refractivity contribution in [2.75, 3.05) is 11.1 Å². The Morgan fingerprint density at radius 3 is 2.67 bits per heavy atom. The predicted molar refractivity (Wildman–Crippen MR) is 80.1 cm³/mol. The summed E-state index contributed by atoms with van der Waals surface area (Å²) in [5, 5.41) is 3.80. The van der Waals surface area contributed by atoms with Crippen LogP contribution in [0.2, 0.25) is 5.02 Å². The van der Waals surface area contributed by atoms with E-state index in [-0.39, 0.29) is 5.95 Å². The van der Waals surface area contributed by atoms with Crippen LogP contribution in [0.1, 0.15) is 5.56 Å². The summed E-state index contributed by atoms with van der Waals surface area (Å²) in [5.41, 5.74) is 6.76. The monoisotopic (exact) mass is 301 g/mol. The van der Waals surface area contributed by atoms with Crippen LogP contribution in [0.4, 0.5) is 11.9 Å². The van der Waals surface area contributed by atoms with E-state index in [2.05, 4.69) is 25.3 Å². The number of rotatable bonds is 4. The van der Waals surface area contributed by atoms with E-state index in [0.29, 0.717) is 23.5 Å². The molecule has 2 aromatic heterocycles. The van der Waals surface area contributed by atoms with Crippen molar-refractivity contribution in [2.24, 2.45) is 0 Å². The normalized spacial score (nSPS) is 10.5. The average Bonchev–Trinajstić information content (AvgIpc) is 3.00. The minimum Gasteiger partial charge on any atom is -0.368 e. The third-order valence-corrected chi connectivity index (χ3v) is 2.99. The van der Waals surface area contributed by atoms with Gasteiger partial charge in [0, 0.05) is 24.0 Å². The number of benzene rings is 1. The molecule has 0 unspecified atom stereocenters. The van der Waals surface area contributed by atoms with Gasteiger partial charge in [0.15, 0.2) is 0 Å². The third kappa shape index (κ3) is 3.26. The number of anilines is 2. The molecule has 1 aromatic carbocycles.